The quantitative estimate of drug-likeness (QED) is 0.490. The van der Waals surface area contributed by atoms with Crippen LogP contribution in [0, 0.1) is 11.3 Å². The van der Waals surface area contributed by atoms with Crippen molar-refractivity contribution in [3.63, 3.8) is 0 Å². The van der Waals surface area contributed by atoms with E-state index in [1.54, 1.807) is 12.1 Å². The van der Waals surface area contributed by atoms with Crippen molar-refractivity contribution in [2.45, 2.75) is 0 Å². The topological polar surface area (TPSA) is 61.1 Å². The molecule has 118 valence electrons. The smallest absolute Gasteiger partial charge is 0.203 e. The van der Waals surface area contributed by atoms with Gasteiger partial charge in [-0.05, 0) is 12.1 Å². The van der Waals surface area contributed by atoms with E-state index in [0.29, 0.717) is 26.3 Å². The molecule has 0 aliphatic carbocycles. The molecule has 0 aliphatic rings. The largest absolute Gasteiger partial charge is 0.253 e. The second-order valence-corrected chi connectivity index (χ2v) is 6.41. The monoisotopic (exact) mass is 372 g/mol. The zero-order chi connectivity index (χ0) is 16.9. The average molecular weight is 373 g/mol. The van der Waals surface area contributed by atoms with Crippen LogP contribution < -0.4 is 5.43 Å². The van der Waals surface area contributed by atoms with E-state index in [1.165, 1.54) is 17.6 Å². The van der Waals surface area contributed by atoms with Gasteiger partial charge in [0.2, 0.25) is 5.13 Å². The highest BCUT2D eigenvalue weighted by Crippen LogP contribution is 2.26. The summed E-state index contributed by atoms with van der Waals surface area (Å²) in [6.07, 6.45) is 1.51. The number of halogens is 2. The first-order valence-electron chi connectivity index (χ1n) is 6.86. The number of nitrogens with one attached hydrogen (secondary N) is 1. The van der Waals surface area contributed by atoms with E-state index < -0.39 is 0 Å². The Hall–Kier alpha value is -2.39. The van der Waals surface area contributed by atoms with Crippen molar-refractivity contribution in [1.29, 1.82) is 5.26 Å². The first-order chi connectivity index (χ1) is 11.7. The molecule has 0 radical (unpaired) electrons. The Morgan fingerprint density at radius 3 is 2.54 bits per heavy atom. The second-order valence-electron chi connectivity index (χ2n) is 4.74. The number of hydrogen-bond donors (Lipinski definition) is 1. The lowest BCUT2D eigenvalue weighted by Crippen LogP contribution is -1.93. The zero-order valence-corrected chi connectivity index (χ0v) is 14.5. The zero-order valence-electron chi connectivity index (χ0n) is 12.2. The van der Waals surface area contributed by atoms with E-state index in [-0.39, 0.29) is 0 Å². The van der Waals surface area contributed by atoms with E-state index in [4.69, 9.17) is 28.5 Å². The predicted octanol–water partition coefficient (Wildman–Crippen LogP) is 5.43. The van der Waals surface area contributed by atoms with Crippen LogP contribution >= 0.6 is 34.5 Å². The Balaban J connectivity index is 1.74. The van der Waals surface area contributed by atoms with Gasteiger partial charge in [0.15, 0.2) is 0 Å². The Labute approximate surface area is 153 Å². The Morgan fingerprint density at radius 1 is 1.17 bits per heavy atom. The van der Waals surface area contributed by atoms with Gasteiger partial charge < -0.3 is 0 Å². The predicted molar refractivity (Wildman–Crippen MR) is 99.9 cm³/mol. The fourth-order valence-electron chi connectivity index (χ4n) is 1.99. The number of rotatable bonds is 4. The molecule has 7 heteroatoms. The molecule has 2 aromatic carbocycles. The van der Waals surface area contributed by atoms with Crippen LogP contribution in [0.5, 0.6) is 0 Å². The third-order valence-electron chi connectivity index (χ3n) is 3.14. The summed E-state index contributed by atoms with van der Waals surface area (Å²) in [6, 6.07) is 15.0. The van der Waals surface area contributed by atoms with Crippen molar-refractivity contribution in [3.05, 3.63) is 69.0 Å². The maximum absolute atomic E-state index is 8.88. The van der Waals surface area contributed by atoms with Crippen LogP contribution in [0.1, 0.15) is 11.1 Å². The second kappa shape index (κ2) is 7.45. The van der Waals surface area contributed by atoms with Gasteiger partial charge in [0.25, 0.3) is 0 Å². The number of anilines is 1. The maximum Gasteiger partial charge on any atom is 0.203 e. The summed E-state index contributed by atoms with van der Waals surface area (Å²) in [7, 11) is 0. The van der Waals surface area contributed by atoms with Crippen LogP contribution in [0.2, 0.25) is 10.0 Å². The number of benzene rings is 2. The average Bonchev–Trinajstić information content (AvgIpc) is 3.07. The first kappa shape index (κ1) is 16.5. The summed E-state index contributed by atoms with van der Waals surface area (Å²) < 4.78 is 0. The first-order valence-corrected chi connectivity index (χ1v) is 8.50. The molecule has 0 unspecified atom stereocenters. The van der Waals surface area contributed by atoms with Crippen LogP contribution in [0.4, 0.5) is 5.13 Å². The van der Waals surface area contributed by atoms with Gasteiger partial charge in [0, 0.05) is 16.5 Å². The minimum Gasteiger partial charge on any atom is -0.253 e. The highest BCUT2D eigenvalue weighted by Gasteiger charge is 2.07. The highest BCUT2D eigenvalue weighted by molar-refractivity contribution is 7.14. The van der Waals surface area contributed by atoms with Crippen molar-refractivity contribution in [2.75, 3.05) is 5.43 Å². The lowest BCUT2D eigenvalue weighted by Gasteiger charge is -2.02. The summed E-state index contributed by atoms with van der Waals surface area (Å²) in [5, 5.41) is 16.3. The molecule has 0 saturated carbocycles. The molecular weight excluding hydrogens is 363 g/mol. The molecule has 0 aliphatic heterocycles. The third-order valence-corrected chi connectivity index (χ3v) is 4.51. The fraction of sp³-hybridized carbons (Fsp3) is 0. The summed E-state index contributed by atoms with van der Waals surface area (Å²) in [4.78, 5) is 4.47. The molecule has 0 atom stereocenters. The molecule has 1 heterocycles. The summed E-state index contributed by atoms with van der Waals surface area (Å²) >= 11 is 13.7. The van der Waals surface area contributed by atoms with Crippen LogP contribution in [-0.2, 0) is 0 Å². The normalized spacial score (nSPS) is 10.7. The van der Waals surface area contributed by atoms with E-state index >= 15 is 0 Å². The Bertz CT molecular complexity index is 906. The van der Waals surface area contributed by atoms with Gasteiger partial charge in [-0.15, -0.1) is 11.3 Å². The molecule has 4 nitrogen and oxygen atoms in total. The molecule has 0 saturated heterocycles. The molecule has 0 spiro atoms. The molecule has 3 rings (SSSR count). The lowest BCUT2D eigenvalue weighted by molar-refractivity contribution is 1.29. The molecule has 1 N–H and O–H groups in total. The number of hydrogen-bond acceptors (Lipinski definition) is 5. The van der Waals surface area contributed by atoms with Crippen LogP contribution in [-0.4, -0.2) is 11.2 Å². The van der Waals surface area contributed by atoms with Gasteiger partial charge in [-0.25, -0.2) is 4.98 Å². The summed E-state index contributed by atoms with van der Waals surface area (Å²) in [6.45, 7) is 0. The van der Waals surface area contributed by atoms with E-state index in [2.05, 4.69) is 15.5 Å². The van der Waals surface area contributed by atoms with Gasteiger partial charge in [-0.3, -0.25) is 5.43 Å². The summed E-state index contributed by atoms with van der Waals surface area (Å²) in [5.41, 5.74) is 5.74. The molecule has 0 fully saturated rings. The van der Waals surface area contributed by atoms with Crippen molar-refractivity contribution >= 4 is 45.9 Å². The van der Waals surface area contributed by atoms with Gasteiger partial charge >= 0.3 is 0 Å². The molecule has 0 amide bonds. The third kappa shape index (κ3) is 3.74. The number of hydrazone groups is 1. The Morgan fingerprint density at radius 2 is 1.88 bits per heavy atom. The van der Waals surface area contributed by atoms with Crippen molar-refractivity contribution in [2.24, 2.45) is 5.10 Å². The van der Waals surface area contributed by atoms with Gasteiger partial charge in [-0.2, -0.15) is 10.4 Å². The summed E-state index contributed by atoms with van der Waals surface area (Å²) in [5.74, 6) is 0. The number of thiazole rings is 1. The highest BCUT2D eigenvalue weighted by atomic mass is 35.5. The van der Waals surface area contributed by atoms with Crippen molar-refractivity contribution in [1.82, 2.24) is 4.98 Å². The molecule has 3 aromatic rings. The van der Waals surface area contributed by atoms with E-state index in [1.807, 2.05) is 41.8 Å². The standard InChI is InChI=1S/C17H10Cl2N4S/c18-14-6-11(8-20)7-15(19)13(14)9-21-23-17-22-16(10-24-17)12-4-2-1-3-5-12/h1-7,9-10H,(H,22,23). The molecule has 0 bridgehead atoms. The van der Waals surface area contributed by atoms with Gasteiger partial charge in [-0.1, -0.05) is 53.5 Å². The molecular formula is C17H10Cl2N4S. The lowest BCUT2D eigenvalue weighted by atomic mass is 10.1. The number of aromatic nitrogens is 1. The van der Waals surface area contributed by atoms with Gasteiger partial charge in [0.1, 0.15) is 0 Å². The van der Waals surface area contributed by atoms with Crippen LogP contribution in [0.25, 0.3) is 11.3 Å². The number of nitrogens with zero attached hydrogens (tertiary/aromatic N) is 3. The maximum atomic E-state index is 8.88. The minimum absolute atomic E-state index is 0.369. The fourth-order valence-corrected chi connectivity index (χ4v) is 3.24. The molecule has 1 aromatic heterocycles. The van der Waals surface area contributed by atoms with E-state index in [0.717, 1.165) is 11.3 Å². The van der Waals surface area contributed by atoms with Gasteiger partial charge in [0.05, 0.1) is 33.6 Å². The minimum atomic E-state index is 0.369. The Kier molecular flexibility index (Phi) is 5.11. The van der Waals surface area contributed by atoms with Crippen LogP contribution in [0.15, 0.2) is 52.9 Å². The SMILES string of the molecule is N#Cc1cc(Cl)c(C=NNc2nc(-c3ccccc3)cs2)c(Cl)c1. The molecule has 24 heavy (non-hydrogen) atoms. The van der Waals surface area contributed by atoms with E-state index in [9.17, 15) is 0 Å². The van der Waals surface area contributed by atoms with Crippen molar-refractivity contribution < 1.29 is 0 Å². The van der Waals surface area contributed by atoms with Crippen molar-refractivity contribution in [3.8, 4) is 17.3 Å². The number of nitriles is 1. The van der Waals surface area contributed by atoms with Crippen LogP contribution in [0.3, 0.4) is 0 Å².